The summed E-state index contributed by atoms with van der Waals surface area (Å²) in [4.78, 5) is 0. The van der Waals surface area contributed by atoms with Gasteiger partial charge in [-0.3, -0.25) is 9.03 Å². The predicted octanol–water partition coefficient (Wildman–Crippen LogP) is 2.69. The van der Waals surface area contributed by atoms with Gasteiger partial charge in [0.15, 0.2) is 0 Å². The zero-order chi connectivity index (χ0) is 17.2. The van der Waals surface area contributed by atoms with Crippen LogP contribution in [-0.2, 0) is 20.0 Å². The zero-order valence-corrected chi connectivity index (χ0v) is 15.3. The van der Waals surface area contributed by atoms with E-state index in [1.54, 1.807) is 24.3 Å². The van der Waals surface area contributed by atoms with Gasteiger partial charge in [0.1, 0.15) is 0 Å². The lowest BCUT2D eigenvalue weighted by atomic mass is 10.0. The number of nitrogens with one attached hydrogen (secondary N) is 1. The summed E-state index contributed by atoms with van der Waals surface area (Å²) in [6, 6.07) is 6.61. The third kappa shape index (κ3) is 3.85. The van der Waals surface area contributed by atoms with Crippen molar-refractivity contribution in [3.8, 4) is 0 Å². The van der Waals surface area contributed by atoms with Crippen LogP contribution in [0.3, 0.4) is 0 Å². The molecule has 0 radical (unpaired) electrons. The summed E-state index contributed by atoms with van der Waals surface area (Å²) in [5.41, 5.74) is 1.08. The Morgan fingerprint density at radius 3 is 2.25 bits per heavy atom. The molecule has 1 heterocycles. The minimum Gasteiger partial charge on any atom is -0.283 e. The second-order valence-corrected chi connectivity index (χ2v) is 10.5. The molecule has 1 aliphatic carbocycles. The largest absolute Gasteiger partial charge is 0.283 e. The molecular weight excluding hydrogens is 348 g/mol. The van der Waals surface area contributed by atoms with Crippen molar-refractivity contribution in [2.24, 2.45) is 0 Å². The van der Waals surface area contributed by atoms with Crippen molar-refractivity contribution in [2.75, 3.05) is 21.3 Å². The molecule has 0 amide bonds. The number of hydrogen-bond donors (Lipinski definition) is 1. The van der Waals surface area contributed by atoms with Crippen LogP contribution in [-0.4, -0.2) is 34.4 Å². The summed E-state index contributed by atoms with van der Waals surface area (Å²) in [5.74, 6) is 0.170. The maximum atomic E-state index is 12.4. The molecule has 3 rings (SSSR count). The standard InChI is InChI=1S/C16H24N2O4S2/c19-23(20)13-5-4-12-18(23)15-10-8-14(9-11-15)17-24(21,22)16-6-2-1-3-7-16/h8-11,16-17H,1-7,12-13H2. The second-order valence-electron chi connectivity index (χ2n) is 6.55. The van der Waals surface area contributed by atoms with Crippen LogP contribution in [0.15, 0.2) is 24.3 Å². The van der Waals surface area contributed by atoms with Gasteiger partial charge in [-0.05, 0) is 49.9 Å². The smallest absolute Gasteiger partial charge is 0.235 e. The molecule has 2 fully saturated rings. The summed E-state index contributed by atoms with van der Waals surface area (Å²) in [7, 11) is -6.63. The lowest BCUT2D eigenvalue weighted by molar-refractivity contribution is 0.486. The van der Waals surface area contributed by atoms with E-state index in [0.717, 1.165) is 25.7 Å². The minimum atomic E-state index is -3.38. The van der Waals surface area contributed by atoms with Crippen LogP contribution in [0.4, 0.5) is 11.4 Å². The second kappa shape index (κ2) is 6.92. The van der Waals surface area contributed by atoms with Crippen LogP contribution in [0, 0.1) is 0 Å². The van der Waals surface area contributed by atoms with Gasteiger partial charge in [-0.2, -0.15) is 0 Å². The van der Waals surface area contributed by atoms with E-state index in [-0.39, 0.29) is 11.0 Å². The number of sulfonamides is 2. The highest BCUT2D eigenvalue weighted by Crippen LogP contribution is 2.28. The summed E-state index contributed by atoms with van der Waals surface area (Å²) >= 11 is 0. The number of benzene rings is 1. The quantitative estimate of drug-likeness (QED) is 0.881. The molecule has 134 valence electrons. The highest BCUT2D eigenvalue weighted by Gasteiger charge is 2.28. The lowest BCUT2D eigenvalue weighted by Crippen LogP contribution is -2.37. The molecule has 1 aromatic carbocycles. The maximum absolute atomic E-state index is 12.4. The minimum absolute atomic E-state index is 0.170. The number of nitrogens with zero attached hydrogens (tertiary/aromatic N) is 1. The zero-order valence-electron chi connectivity index (χ0n) is 13.6. The van der Waals surface area contributed by atoms with E-state index in [9.17, 15) is 16.8 Å². The molecule has 1 aromatic rings. The Kier molecular flexibility index (Phi) is 5.05. The first-order chi connectivity index (χ1) is 11.4. The van der Waals surface area contributed by atoms with Crippen molar-refractivity contribution < 1.29 is 16.8 Å². The van der Waals surface area contributed by atoms with Crippen LogP contribution >= 0.6 is 0 Å². The fourth-order valence-corrected chi connectivity index (χ4v) is 6.62. The van der Waals surface area contributed by atoms with E-state index in [0.29, 0.717) is 37.2 Å². The first kappa shape index (κ1) is 17.5. The van der Waals surface area contributed by atoms with Gasteiger partial charge in [-0.15, -0.1) is 0 Å². The normalized spacial score (nSPS) is 22.2. The Balaban J connectivity index is 1.72. The summed E-state index contributed by atoms with van der Waals surface area (Å²) in [5, 5.41) is -0.326. The molecular formula is C16H24N2O4S2. The van der Waals surface area contributed by atoms with Gasteiger partial charge in [-0.25, -0.2) is 16.8 Å². The molecule has 1 saturated heterocycles. The Labute approximate surface area is 144 Å². The van der Waals surface area contributed by atoms with Crippen molar-refractivity contribution in [3.05, 3.63) is 24.3 Å². The molecule has 0 spiro atoms. The summed E-state index contributed by atoms with van der Waals surface area (Å²) in [6.07, 6.45) is 5.96. The molecule has 2 aliphatic rings. The predicted molar refractivity (Wildman–Crippen MR) is 96.2 cm³/mol. The van der Waals surface area contributed by atoms with Crippen LogP contribution < -0.4 is 9.03 Å². The Bertz CT molecular complexity index is 767. The average Bonchev–Trinajstić information content (AvgIpc) is 2.56. The molecule has 0 unspecified atom stereocenters. The Morgan fingerprint density at radius 2 is 1.62 bits per heavy atom. The molecule has 6 nitrogen and oxygen atoms in total. The maximum Gasteiger partial charge on any atom is 0.235 e. The van der Waals surface area contributed by atoms with Crippen molar-refractivity contribution in [1.29, 1.82) is 0 Å². The molecule has 0 atom stereocenters. The van der Waals surface area contributed by atoms with E-state index in [1.165, 1.54) is 4.31 Å². The monoisotopic (exact) mass is 372 g/mol. The van der Waals surface area contributed by atoms with Gasteiger partial charge in [0, 0.05) is 12.2 Å². The SMILES string of the molecule is O=S(=O)(Nc1ccc(N2CCCCS2(=O)=O)cc1)C1CCCCC1. The fourth-order valence-electron chi connectivity index (χ4n) is 3.40. The molecule has 1 aliphatic heterocycles. The summed E-state index contributed by atoms with van der Waals surface area (Å²) in [6.45, 7) is 0.482. The molecule has 24 heavy (non-hydrogen) atoms. The van der Waals surface area contributed by atoms with Gasteiger partial charge in [0.2, 0.25) is 20.0 Å². The molecule has 1 saturated carbocycles. The first-order valence-electron chi connectivity index (χ1n) is 8.51. The van der Waals surface area contributed by atoms with Crippen LogP contribution in [0.25, 0.3) is 0 Å². The number of hydrogen-bond acceptors (Lipinski definition) is 4. The molecule has 8 heteroatoms. The van der Waals surface area contributed by atoms with Crippen LogP contribution in [0.2, 0.25) is 0 Å². The van der Waals surface area contributed by atoms with Gasteiger partial charge >= 0.3 is 0 Å². The Hall–Kier alpha value is -1.28. The number of rotatable bonds is 4. The fraction of sp³-hybridized carbons (Fsp3) is 0.625. The third-order valence-corrected chi connectivity index (χ3v) is 8.49. The van der Waals surface area contributed by atoms with Crippen molar-refractivity contribution in [2.45, 2.75) is 50.2 Å². The van der Waals surface area contributed by atoms with Gasteiger partial charge in [0.05, 0.1) is 16.7 Å². The molecule has 0 aromatic heterocycles. The average molecular weight is 373 g/mol. The first-order valence-corrected chi connectivity index (χ1v) is 11.7. The third-order valence-electron chi connectivity index (χ3n) is 4.76. The van der Waals surface area contributed by atoms with Gasteiger partial charge < -0.3 is 0 Å². The van der Waals surface area contributed by atoms with Gasteiger partial charge in [0.25, 0.3) is 0 Å². The number of anilines is 2. The van der Waals surface area contributed by atoms with E-state index < -0.39 is 20.0 Å². The molecule has 0 bridgehead atoms. The van der Waals surface area contributed by atoms with E-state index >= 15 is 0 Å². The highest BCUT2D eigenvalue weighted by atomic mass is 32.2. The van der Waals surface area contributed by atoms with E-state index in [4.69, 9.17) is 0 Å². The van der Waals surface area contributed by atoms with Crippen LogP contribution in [0.1, 0.15) is 44.9 Å². The van der Waals surface area contributed by atoms with Gasteiger partial charge in [-0.1, -0.05) is 19.3 Å². The van der Waals surface area contributed by atoms with Crippen molar-refractivity contribution in [3.63, 3.8) is 0 Å². The highest BCUT2D eigenvalue weighted by molar-refractivity contribution is 7.93. The topological polar surface area (TPSA) is 83.6 Å². The summed E-state index contributed by atoms with van der Waals surface area (Å²) < 4.78 is 53.1. The molecule has 1 N–H and O–H groups in total. The van der Waals surface area contributed by atoms with Crippen molar-refractivity contribution in [1.82, 2.24) is 0 Å². The van der Waals surface area contributed by atoms with Crippen LogP contribution in [0.5, 0.6) is 0 Å². The van der Waals surface area contributed by atoms with Crippen molar-refractivity contribution >= 4 is 31.4 Å². The lowest BCUT2D eigenvalue weighted by Gasteiger charge is -2.28. The Morgan fingerprint density at radius 1 is 0.958 bits per heavy atom. The van der Waals surface area contributed by atoms with E-state index in [1.807, 2.05) is 0 Å². The van der Waals surface area contributed by atoms with E-state index in [2.05, 4.69) is 4.72 Å².